The zero-order valence-electron chi connectivity index (χ0n) is 10.7. The minimum atomic E-state index is -0.981. The van der Waals surface area contributed by atoms with Crippen molar-refractivity contribution in [2.75, 3.05) is 13.2 Å². The van der Waals surface area contributed by atoms with Gasteiger partial charge in [-0.25, -0.2) is 4.79 Å². The molecule has 0 aliphatic rings. The van der Waals surface area contributed by atoms with E-state index in [1.54, 1.807) is 13.8 Å². The minimum Gasteiger partial charge on any atom is -0.478 e. The van der Waals surface area contributed by atoms with Crippen LogP contribution in [0.25, 0.3) is 0 Å². The highest BCUT2D eigenvalue weighted by Crippen LogP contribution is 1.70. The molecule has 100 valence electrons. The molecule has 1 N–H and O–H groups in total. The number of aliphatic carboxylic acids is 1. The third-order valence-corrected chi connectivity index (χ3v) is 0.870. The van der Waals surface area contributed by atoms with Crippen molar-refractivity contribution < 1.29 is 29.0 Å². The molecule has 0 saturated carbocycles. The van der Waals surface area contributed by atoms with Crippen LogP contribution in [0.5, 0.6) is 0 Å². The van der Waals surface area contributed by atoms with Gasteiger partial charge in [-0.2, -0.15) is 0 Å². The fourth-order valence-electron chi connectivity index (χ4n) is 0.407. The molecule has 6 heteroatoms. The summed E-state index contributed by atoms with van der Waals surface area (Å²) in [6.07, 6.45) is 0.833. The minimum absolute atomic E-state index is 0.211. The van der Waals surface area contributed by atoms with E-state index in [0.29, 0.717) is 13.2 Å². The highest BCUT2D eigenvalue weighted by molar-refractivity contribution is 5.78. The molecule has 0 radical (unpaired) electrons. The molecule has 0 bridgehead atoms. The zero-order chi connectivity index (χ0) is 14.3. The molecule has 0 spiro atoms. The average molecular weight is 248 g/mol. The van der Waals surface area contributed by atoms with E-state index < -0.39 is 5.97 Å². The Kier molecular flexibility index (Phi) is 20.0. The number of rotatable bonds is 3. The van der Waals surface area contributed by atoms with Crippen LogP contribution in [0.3, 0.4) is 0 Å². The van der Waals surface area contributed by atoms with Crippen LogP contribution in [0.15, 0.2) is 12.7 Å². The van der Waals surface area contributed by atoms with Crippen molar-refractivity contribution in [2.45, 2.75) is 27.7 Å². The van der Waals surface area contributed by atoms with Crippen molar-refractivity contribution in [3.8, 4) is 0 Å². The molecule has 0 aliphatic heterocycles. The van der Waals surface area contributed by atoms with Crippen LogP contribution < -0.4 is 0 Å². The summed E-state index contributed by atoms with van der Waals surface area (Å²) >= 11 is 0. The topological polar surface area (TPSA) is 89.9 Å². The maximum atomic E-state index is 9.82. The normalized spacial score (nSPS) is 7.29. The predicted molar refractivity (Wildman–Crippen MR) is 62.4 cm³/mol. The van der Waals surface area contributed by atoms with Gasteiger partial charge in [0.2, 0.25) is 0 Å². The molecular weight excluding hydrogens is 228 g/mol. The van der Waals surface area contributed by atoms with Crippen LogP contribution in [0.2, 0.25) is 0 Å². The fourth-order valence-corrected chi connectivity index (χ4v) is 0.407. The van der Waals surface area contributed by atoms with E-state index in [1.807, 2.05) is 0 Å². The monoisotopic (exact) mass is 248 g/mol. The molecule has 0 aliphatic carbocycles. The second kappa shape index (κ2) is 16.6. The second-order valence-electron chi connectivity index (χ2n) is 2.39. The number of hydrogen-bond donors (Lipinski definition) is 1. The van der Waals surface area contributed by atoms with Crippen molar-refractivity contribution >= 4 is 17.9 Å². The SMILES string of the molecule is C=CC(=O)O.CCOC(C)=O.CCOC(C)=O. The average Bonchev–Trinajstić information content (AvgIpc) is 2.19. The van der Waals surface area contributed by atoms with Crippen molar-refractivity contribution in [3.63, 3.8) is 0 Å². The summed E-state index contributed by atoms with van der Waals surface area (Å²) in [7, 11) is 0. The first-order valence-corrected chi connectivity index (χ1v) is 4.93. The van der Waals surface area contributed by atoms with Crippen molar-refractivity contribution in [1.82, 2.24) is 0 Å². The summed E-state index contributed by atoms with van der Waals surface area (Å²) in [5.74, 6) is -1.40. The molecule has 17 heavy (non-hydrogen) atoms. The van der Waals surface area contributed by atoms with Gasteiger partial charge in [-0.1, -0.05) is 6.58 Å². The van der Waals surface area contributed by atoms with E-state index in [-0.39, 0.29) is 11.9 Å². The first kappa shape index (κ1) is 20.5. The number of esters is 2. The summed E-state index contributed by atoms with van der Waals surface area (Å²) in [5.41, 5.74) is 0. The van der Waals surface area contributed by atoms with Gasteiger partial charge >= 0.3 is 17.9 Å². The number of ether oxygens (including phenoxy) is 2. The molecular formula is C11H20O6. The Morgan fingerprint density at radius 2 is 1.29 bits per heavy atom. The molecule has 0 rings (SSSR count). The Balaban J connectivity index is -0.000000174. The highest BCUT2D eigenvalue weighted by Gasteiger charge is 1.82. The second-order valence-corrected chi connectivity index (χ2v) is 2.39. The number of carbonyl (C=O) groups is 3. The summed E-state index contributed by atoms with van der Waals surface area (Å²) in [4.78, 5) is 28.9. The molecule has 0 unspecified atom stereocenters. The first-order chi connectivity index (χ1) is 7.81. The van der Waals surface area contributed by atoms with Crippen molar-refractivity contribution in [3.05, 3.63) is 12.7 Å². The lowest BCUT2D eigenvalue weighted by molar-refractivity contribution is -0.141. The molecule has 0 heterocycles. The van der Waals surface area contributed by atoms with Crippen LogP contribution in [0, 0.1) is 0 Å². The van der Waals surface area contributed by atoms with E-state index in [9.17, 15) is 14.4 Å². The van der Waals surface area contributed by atoms with Crippen LogP contribution in [-0.2, 0) is 23.9 Å². The van der Waals surface area contributed by atoms with Gasteiger partial charge < -0.3 is 14.6 Å². The molecule has 6 nitrogen and oxygen atoms in total. The standard InChI is InChI=1S/2C4H8O2.C3H4O2/c2*1-3-6-4(2)5;1-2-3(4)5/h2*3H2,1-2H3;2H,1H2,(H,4,5). The summed E-state index contributed by atoms with van der Waals surface area (Å²) in [5, 5.41) is 7.60. The van der Waals surface area contributed by atoms with Crippen LogP contribution in [-0.4, -0.2) is 36.2 Å². The Morgan fingerprint density at radius 3 is 1.29 bits per heavy atom. The molecule has 0 aromatic carbocycles. The van der Waals surface area contributed by atoms with E-state index in [2.05, 4.69) is 16.1 Å². The number of carbonyl (C=O) groups excluding carboxylic acids is 2. The van der Waals surface area contributed by atoms with Gasteiger partial charge in [-0.15, -0.1) is 0 Å². The molecule has 0 fully saturated rings. The largest absolute Gasteiger partial charge is 0.478 e. The Morgan fingerprint density at radius 1 is 1.06 bits per heavy atom. The quantitative estimate of drug-likeness (QED) is 0.599. The third kappa shape index (κ3) is 55.2. The highest BCUT2D eigenvalue weighted by atomic mass is 16.5. The predicted octanol–water partition coefficient (Wildman–Crippen LogP) is 1.40. The molecule has 0 saturated heterocycles. The Bertz CT molecular complexity index is 218. The van der Waals surface area contributed by atoms with Crippen LogP contribution in [0.1, 0.15) is 27.7 Å². The van der Waals surface area contributed by atoms with Crippen LogP contribution in [0.4, 0.5) is 0 Å². The van der Waals surface area contributed by atoms with Gasteiger partial charge in [0, 0.05) is 19.9 Å². The molecule has 0 atom stereocenters. The summed E-state index contributed by atoms with van der Waals surface area (Å²) < 4.78 is 8.81. The summed E-state index contributed by atoms with van der Waals surface area (Å²) in [6.45, 7) is 10.3. The van der Waals surface area contributed by atoms with E-state index in [0.717, 1.165) is 6.08 Å². The Labute approximate surface area is 101 Å². The molecule has 0 aromatic heterocycles. The lowest BCUT2D eigenvalue weighted by Crippen LogP contribution is -1.95. The maximum Gasteiger partial charge on any atom is 0.327 e. The third-order valence-electron chi connectivity index (χ3n) is 0.870. The van der Waals surface area contributed by atoms with E-state index in [1.165, 1.54) is 13.8 Å². The lowest BCUT2D eigenvalue weighted by atomic mass is 10.7. The zero-order valence-corrected chi connectivity index (χ0v) is 10.7. The molecule has 0 aromatic rings. The molecule has 0 amide bonds. The van der Waals surface area contributed by atoms with Gasteiger partial charge in [0.05, 0.1) is 13.2 Å². The van der Waals surface area contributed by atoms with E-state index in [4.69, 9.17) is 5.11 Å². The lowest BCUT2D eigenvalue weighted by Gasteiger charge is -1.89. The first-order valence-electron chi connectivity index (χ1n) is 4.93. The van der Waals surface area contributed by atoms with Gasteiger partial charge in [0.1, 0.15) is 0 Å². The fraction of sp³-hybridized carbons (Fsp3) is 0.545. The number of carboxylic acids is 1. The maximum absolute atomic E-state index is 9.82. The van der Waals surface area contributed by atoms with Gasteiger partial charge in [0.15, 0.2) is 0 Å². The van der Waals surface area contributed by atoms with Gasteiger partial charge in [0.25, 0.3) is 0 Å². The van der Waals surface area contributed by atoms with Gasteiger partial charge in [-0.3, -0.25) is 9.59 Å². The smallest absolute Gasteiger partial charge is 0.327 e. The number of carboxylic acid groups (broad SMARTS) is 1. The van der Waals surface area contributed by atoms with Gasteiger partial charge in [-0.05, 0) is 13.8 Å². The summed E-state index contributed by atoms with van der Waals surface area (Å²) in [6, 6.07) is 0. The van der Waals surface area contributed by atoms with E-state index >= 15 is 0 Å². The van der Waals surface area contributed by atoms with Crippen LogP contribution >= 0.6 is 0 Å². The number of hydrogen-bond acceptors (Lipinski definition) is 5. The Hall–Kier alpha value is -1.85. The van der Waals surface area contributed by atoms with Crippen molar-refractivity contribution in [2.24, 2.45) is 0 Å². The van der Waals surface area contributed by atoms with Crippen molar-refractivity contribution in [1.29, 1.82) is 0 Å².